The van der Waals surface area contributed by atoms with Crippen LogP contribution in [0.15, 0.2) is 30.6 Å². The molecule has 0 aromatic carbocycles. The average Bonchev–Trinajstić information content (AvgIpc) is 3.45. The molecule has 2 aliphatic heterocycles. The summed E-state index contributed by atoms with van der Waals surface area (Å²) in [6, 6.07) is 7.05. The number of aryl methyl sites for hydroxylation is 1. The van der Waals surface area contributed by atoms with Crippen LogP contribution in [0.5, 0.6) is 0 Å². The summed E-state index contributed by atoms with van der Waals surface area (Å²) in [6.45, 7) is 3.96. The van der Waals surface area contributed by atoms with E-state index in [1.54, 1.807) is 16.6 Å². The van der Waals surface area contributed by atoms with Crippen molar-refractivity contribution in [3.63, 3.8) is 0 Å². The molecule has 0 aliphatic carbocycles. The molecule has 0 radical (unpaired) electrons. The van der Waals surface area contributed by atoms with Crippen molar-refractivity contribution in [2.24, 2.45) is 3.54 Å². The summed E-state index contributed by atoms with van der Waals surface area (Å²) in [6.07, 6.45) is 5.79. The van der Waals surface area contributed by atoms with Crippen LogP contribution in [0, 0.1) is 18.3 Å². The number of hydrogen-bond acceptors (Lipinski definition) is 8. The Balaban J connectivity index is 1.44. The third-order valence-corrected chi connectivity index (χ3v) is 11.2. The summed E-state index contributed by atoms with van der Waals surface area (Å²) in [5, 5.41) is 24.1. The zero-order valence-electron chi connectivity index (χ0n) is 19.0. The molecule has 2 fully saturated rings. The molecule has 5 heterocycles. The molecule has 11 heteroatoms. The zero-order valence-corrected chi connectivity index (χ0v) is 23.5. The van der Waals surface area contributed by atoms with Gasteiger partial charge in [-0.3, -0.25) is 0 Å². The molecule has 3 N–H and O–H groups in total. The summed E-state index contributed by atoms with van der Waals surface area (Å²) in [5.74, 6) is 0.708. The predicted molar refractivity (Wildman–Crippen MR) is 126 cm³/mol. The second-order valence-corrected chi connectivity index (χ2v) is 13.8. The molecule has 5 rings (SSSR count). The molecule has 0 bridgehead atoms. The number of carbonyl (C=O) groups excluding carboxylic acids is 1. The maximum absolute atomic E-state index is 13.3. The van der Waals surface area contributed by atoms with Crippen LogP contribution >= 0.6 is 0 Å². The van der Waals surface area contributed by atoms with Gasteiger partial charge in [0, 0.05) is 6.20 Å². The van der Waals surface area contributed by atoms with Crippen LogP contribution < -0.4 is 8.44 Å². The number of nitrogens with zero attached hydrogens (tertiary/aromatic N) is 7. The van der Waals surface area contributed by atoms with Gasteiger partial charge in [-0.05, 0) is 12.1 Å². The standard InChI is InChI=1S/C23H24N7O2.H2N.Tl/c1-15-13-30-21(26-22(15)28-9-7-17(31)14-28)10-19(27-30)20-4-2-3-8-29(20)23(32)18-6-5-16(11-24)12-25-18;;/h5-7,10,12-13,17,20,31H,2-4,8-9,14H2,1H3;1H2;/q;-1;+1/t17-,20+;;/m1../s1. The van der Waals surface area contributed by atoms with Crippen LogP contribution in [0.2, 0.25) is 3.48 Å². The number of amides is 1. The Labute approximate surface area is 210 Å². The Morgan fingerprint density at radius 2 is 2.18 bits per heavy atom. The molecule has 10 nitrogen and oxygen atoms in total. The summed E-state index contributed by atoms with van der Waals surface area (Å²) in [7, 11) is 0. The quantitative estimate of drug-likeness (QED) is 0.403. The Kier molecular flexibility index (Phi) is 6.50. The van der Waals surface area contributed by atoms with E-state index in [0.717, 1.165) is 48.5 Å². The molecule has 173 valence electrons. The van der Waals surface area contributed by atoms with Gasteiger partial charge in [-0.25, -0.2) is 4.98 Å². The third-order valence-electron chi connectivity index (χ3n) is 6.72. The number of pyridine rings is 1. The van der Waals surface area contributed by atoms with Gasteiger partial charge in [0.25, 0.3) is 0 Å². The second-order valence-electron chi connectivity index (χ2n) is 9.00. The van der Waals surface area contributed by atoms with Crippen molar-refractivity contribution in [3.8, 4) is 6.07 Å². The minimum atomic E-state index is -1.41. The average molecular weight is 651 g/mol. The van der Waals surface area contributed by atoms with E-state index in [-0.39, 0.29) is 21.5 Å². The van der Waals surface area contributed by atoms with Crippen molar-refractivity contribution in [1.29, 1.82) is 5.26 Å². The fraction of sp³-hybridized carbons (Fsp3) is 0.435. The Morgan fingerprint density at radius 3 is 2.88 bits per heavy atom. The summed E-state index contributed by atoms with van der Waals surface area (Å²) < 4.78 is 8.03. The van der Waals surface area contributed by atoms with Crippen molar-refractivity contribution in [1.82, 2.24) is 24.5 Å². The fourth-order valence-corrected chi connectivity index (χ4v) is 7.82. The Morgan fingerprint density at radius 1 is 1.32 bits per heavy atom. The van der Waals surface area contributed by atoms with E-state index in [9.17, 15) is 9.90 Å². The normalized spacial score (nSPS) is 22.6. The first-order chi connectivity index (χ1) is 16.5. The fourth-order valence-electron chi connectivity index (χ4n) is 4.89. The first kappa shape index (κ1) is 23.1. The molecule has 1 amide bonds. The molecule has 0 unspecified atom stereocenters. The Hall–Kier alpha value is -2.63. The number of aliphatic hydroxyl groups is 1. The first-order valence-corrected chi connectivity index (χ1v) is 16.7. The molecule has 3 aromatic rings. The molecule has 2 aliphatic rings. The number of likely N-dealkylation sites (tertiary alicyclic amines) is 1. The van der Waals surface area contributed by atoms with Gasteiger partial charge in [0.1, 0.15) is 6.07 Å². The van der Waals surface area contributed by atoms with Crippen LogP contribution in [0.1, 0.15) is 52.6 Å². The first-order valence-electron chi connectivity index (χ1n) is 11.5. The van der Waals surface area contributed by atoms with Crippen molar-refractivity contribution < 1.29 is 9.90 Å². The van der Waals surface area contributed by atoms with Crippen molar-refractivity contribution in [2.75, 3.05) is 24.5 Å². The van der Waals surface area contributed by atoms with Gasteiger partial charge in [-0.2, -0.15) is 5.26 Å². The predicted octanol–water partition coefficient (Wildman–Crippen LogP) is 1.22. The molecular formula is C23H26N8O2Tl. The van der Waals surface area contributed by atoms with E-state index < -0.39 is 24.5 Å². The molecule has 3 atom stereocenters. The van der Waals surface area contributed by atoms with E-state index in [4.69, 9.17) is 18.9 Å². The number of nitriles is 1. The number of aromatic nitrogens is 4. The van der Waals surface area contributed by atoms with E-state index >= 15 is 0 Å². The van der Waals surface area contributed by atoms with Crippen molar-refractivity contribution in [3.05, 3.63) is 53.1 Å². The topological polar surface area (TPSA) is 137 Å². The van der Waals surface area contributed by atoms with Gasteiger partial charge in [0.15, 0.2) is 0 Å². The number of fused-ring (bicyclic) bond motifs is 1. The number of piperidine rings is 1. The molecule has 0 spiro atoms. The van der Waals surface area contributed by atoms with Crippen LogP contribution in [0.25, 0.3) is 5.65 Å². The van der Waals surface area contributed by atoms with Crippen LogP contribution in [0.3, 0.4) is 0 Å². The van der Waals surface area contributed by atoms with Crippen LogP contribution in [0.4, 0.5) is 5.82 Å². The van der Waals surface area contributed by atoms with Crippen molar-refractivity contribution in [2.45, 2.75) is 41.8 Å². The summed E-state index contributed by atoms with van der Waals surface area (Å²) in [4.78, 5) is 26.3. The number of aliphatic hydroxyl groups excluding tert-OH is 1. The third kappa shape index (κ3) is 4.27. The monoisotopic (exact) mass is 651 g/mol. The maximum atomic E-state index is 13.3. The van der Waals surface area contributed by atoms with Gasteiger partial charge < -0.3 is 0 Å². The number of anilines is 1. The summed E-state index contributed by atoms with van der Waals surface area (Å²) in [5.41, 5.74) is 3.28. The number of carbonyl (C=O) groups is 1. The molecule has 2 saturated heterocycles. The van der Waals surface area contributed by atoms with Crippen LogP contribution in [-0.2, 0) is 0 Å². The number of β-amino-alcohol motifs (C(OH)–C–C–N with tert-alkyl or cyclic N) is 1. The van der Waals surface area contributed by atoms with E-state index in [2.05, 4.69) is 9.88 Å². The second kappa shape index (κ2) is 9.55. The van der Waals surface area contributed by atoms with Gasteiger partial charge in [-0.1, -0.05) is 0 Å². The van der Waals surface area contributed by atoms with Gasteiger partial charge in [0.2, 0.25) is 0 Å². The SMILES string of the molecule is Cc1cn2nc([C@@H]3CCCCN3C(=O)c3ccc(C#N)cn3)cc2nc1N1C[C@H](O)[C@H]([Tl][NH2])C1. The van der Waals surface area contributed by atoms with E-state index in [1.807, 2.05) is 30.2 Å². The van der Waals surface area contributed by atoms with Gasteiger partial charge in [-0.15, -0.1) is 0 Å². The molecule has 34 heavy (non-hydrogen) atoms. The molecular weight excluding hydrogens is 625 g/mol. The minimum absolute atomic E-state index is 0.152. The van der Waals surface area contributed by atoms with Crippen molar-refractivity contribution >= 4 is 41.9 Å². The number of rotatable bonds is 4. The number of nitrogens with two attached hydrogens (primary N) is 1. The van der Waals surface area contributed by atoms with E-state index in [1.165, 1.54) is 6.20 Å². The molecule has 3 aromatic heterocycles. The molecule has 0 saturated carbocycles. The van der Waals surface area contributed by atoms with E-state index in [0.29, 0.717) is 24.3 Å². The van der Waals surface area contributed by atoms with Gasteiger partial charge in [0.05, 0.1) is 5.56 Å². The zero-order chi connectivity index (χ0) is 23.8. The summed E-state index contributed by atoms with van der Waals surface area (Å²) >= 11 is -1.41. The van der Waals surface area contributed by atoms with Crippen LogP contribution in [-0.4, -0.2) is 85.8 Å². The van der Waals surface area contributed by atoms with Gasteiger partial charge >= 0.3 is 170 Å². The number of hydrogen-bond donors (Lipinski definition) is 2. The Bertz CT molecular complexity index is 1250.